The molecule has 2 N–H and O–H groups in total. The fourth-order valence-electron chi connectivity index (χ4n) is 3.32. The van der Waals surface area contributed by atoms with E-state index in [9.17, 15) is 4.79 Å². The number of hydrogen-bond donors (Lipinski definition) is 1. The maximum Gasteiger partial charge on any atom is 0.230 e. The van der Waals surface area contributed by atoms with Gasteiger partial charge in [-0.25, -0.2) is 0 Å². The van der Waals surface area contributed by atoms with Gasteiger partial charge in [0.05, 0.1) is 10.3 Å². The monoisotopic (exact) mass is 384 g/mol. The zero-order valence-corrected chi connectivity index (χ0v) is 15.9. The van der Waals surface area contributed by atoms with Crippen LogP contribution >= 0.6 is 35.3 Å². The highest BCUT2D eigenvalue weighted by molar-refractivity contribution is 7.16. The predicted molar refractivity (Wildman–Crippen MR) is 103 cm³/mol. The summed E-state index contributed by atoms with van der Waals surface area (Å²) in [5, 5.41) is 0. The van der Waals surface area contributed by atoms with Crippen molar-refractivity contribution >= 4 is 41.3 Å². The van der Waals surface area contributed by atoms with Crippen molar-refractivity contribution in [2.75, 3.05) is 19.6 Å². The number of halogens is 2. The molecule has 3 atom stereocenters. The summed E-state index contributed by atoms with van der Waals surface area (Å²) in [4.78, 5) is 15.8. The van der Waals surface area contributed by atoms with E-state index in [1.54, 1.807) is 0 Å². The molecule has 1 saturated heterocycles. The normalized spacial score (nSPS) is 21.4. The molecule has 2 aromatic rings. The van der Waals surface area contributed by atoms with Crippen LogP contribution in [0.1, 0.15) is 29.2 Å². The van der Waals surface area contributed by atoms with E-state index < -0.39 is 0 Å². The molecule has 3 nitrogen and oxygen atoms in total. The Morgan fingerprint density at radius 1 is 1.29 bits per heavy atom. The fourth-order valence-corrected chi connectivity index (χ4v) is 4.43. The maximum absolute atomic E-state index is 12.8. The number of nitrogens with two attached hydrogens (primary N) is 1. The van der Waals surface area contributed by atoms with Crippen LogP contribution in [0.2, 0.25) is 4.34 Å². The Kier molecular flexibility index (Phi) is 6.70. The first-order valence-electron chi connectivity index (χ1n) is 7.89. The molecule has 0 spiro atoms. The quantitative estimate of drug-likeness (QED) is 0.860. The van der Waals surface area contributed by atoms with E-state index in [1.807, 2.05) is 42.2 Å². The first kappa shape index (κ1) is 19.3. The molecule has 1 amide bonds. The van der Waals surface area contributed by atoms with Gasteiger partial charge in [-0.15, -0.1) is 23.7 Å². The van der Waals surface area contributed by atoms with Crippen molar-refractivity contribution in [2.24, 2.45) is 11.7 Å². The Balaban J connectivity index is 0.00000208. The molecule has 1 aromatic heterocycles. The van der Waals surface area contributed by atoms with E-state index in [2.05, 4.69) is 12.1 Å². The number of carbonyl (C=O) groups is 1. The SMILES string of the molecule is CC(C(=O)N1C[C@@H](CN)[C@H](c2ccccc2)C1)c1ccc(Cl)s1.Cl. The third kappa shape index (κ3) is 3.94. The van der Waals surface area contributed by atoms with Gasteiger partial charge in [0.1, 0.15) is 0 Å². The molecule has 0 bridgehead atoms. The molecule has 0 saturated carbocycles. The summed E-state index contributed by atoms with van der Waals surface area (Å²) < 4.78 is 0.725. The second-order valence-corrected chi connectivity index (χ2v) is 7.87. The number of rotatable bonds is 4. The Hall–Kier alpha value is -1.07. The van der Waals surface area contributed by atoms with Crippen molar-refractivity contribution in [3.8, 4) is 0 Å². The van der Waals surface area contributed by atoms with E-state index in [0.717, 1.165) is 22.3 Å². The number of likely N-dealkylation sites (tertiary alicyclic amines) is 1. The van der Waals surface area contributed by atoms with Crippen LogP contribution in [0.3, 0.4) is 0 Å². The van der Waals surface area contributed by atoms with Gasteiger partial charge in [0, 0.05) is 23.9 Å². The predicted octanol–water partition coefficient (Wildman–Crippen LogP) is 4.13. The number of hydrogen-bond acceptors (Lipinski definition) is 3. The van der Waals surface area contributed by atoms with Crippen molar-refractivity contribution in [1.29, 1.82) is 0 Å². The highest BCUT2D eigenvalue weighted by Crippen LogP contribution is 2.35. The Labute approximate surface area is 158 Å². The van der Waals surface area contributed by atoms with Crippen LogP contribution in [0.15, 0.2) is 42.5 Å². The van der Waals surface area contributed by atoms with Gasteiger partial charge in [-0.1, -0.05) is 41.9 Å². The second-order valence-electron chi connectivity index (χ2n) is 6.12. The lowest BCUT2D eigenvalue weighted by Gasteiger charge is -2.20. The van der Waals surface area contributed by atoms with Gasteiger partial charge in [0.2, 0.25) is 5.91 Å². The van der Waals surface area contributed by atoms with Crippen LogP contribution in [0.25, 0.3) is 0 Å². The van der Waals surface area contributed by atoms with Gasteiger partial charge in [0.25, 0.3) is 0 Å². The van der Waals surface area contributed by atoms with Gasteiger partial charge >= 0.3 is 0 Å². The van der Waals surface area contributed by atoms with Crippen molar-refractivity contribution in [3.63, 3.8) is 0 Å². The first-order valence-corrected chi connectivity index (χ1v) is 9.08. The number of benzene rings is 1. The van der Waals surface area contributed by atoms with Crippen LogP contribution in [0.4, 0.5) is 0 Å². The van der Waals surface area contributed by atoms with Gasteiger partial charge in [0.15, 0.2) is 0 Å². The summed E-state index contributed by atoms with van der Waals surface area (Å²) in [6, 6.07) is 14.2. The molecular weight excluding hydrogens is 363 g/mol. The zero-order chi connectivity index (χ0) is 16.4. The van der Waals surface area contributed by atoms with Crippen molar-refractivity contribution < 1.29 is 4.79 Å². The smallest absolute Gasteiger partial charge is 0.230 e. The van der Waals surface area contributed by atoms with Crippen LogP contribution in [-0.2, 0) is 4.79 Å². The summed E-state index contributed by atoms with van der Waals surface area (Å²) in [7, 11) is 0. The van der Waals surface area contributed by atoms with Gasteiger partial charge in [-0.3, -0.25) is 4.79 Å². The number of carbonyl (C=O) groups excluding carboxylic acids is 1. The van der Waals surface area contributed by atoms with Crippen LogP contribution in [0, 0.1) is 5.92 Å². The second kappa shape index (κ2) is 8.34. The van der Waals surface area contributed by atoms with E-state index in [-0.39, 0.29) is 24.2 Å². The lowest BCUT2D eigenvalue weighted by atomic mass is 9.89. The van der Waals surface area contributed by atoms with Crippen LogP contribution in [0.5, 0.6) is 0 Å². The molecule has 1 fully saturated rings. The molecule has 3 rings (SSSR count). The number of amides is 1. The molecule has 0 radical (unpaired) electrons. The lowest BCUT2D eigenvalue weighted by molar-refractivity contribution is -0.131. The fraction of sp³-hybridized carbons (Fsp3) is 0.389. The molecule has 1 unspecified atom stereocenters. The first-order chi connectivity index (χ1) is 11.1. The lowest BCUT2D eigenvalue weighted by Crippen LogP contribution is -2.32. The molecule has 1 aliphatic heterocycles. The maximum atomic E-state index is 12.8. The molecule has 0 aliphatic carbocycles. The van der Waals surface area contributed by atoms with Gasteiger partial charge in [-0.05, 0) is 37.1 Å². The minimum atomic E-state index is -0.152. The highest BCUT2D eigenvalue weighted by Gasteiger charge is 2.37. The summed E-state index contributed by atoms with van der Waals surface area (Å²) in [5.41, 5.74) is 7.23. The molecule has 24 heavy (non-hydrogen) atoms. The topological polar surface area (TPSA) is 46.3 Å². The van der Waals surface area contributed by atoms with E-state index in [1.165, 1.54) is 16.9 Å². The van der Waals surface area contributed by atoms with Crippen molar-refractivity contribution in [1.82, 2.24) is 4.90 Å². The number of nitrogens with zero attached hydrogens (tertiary/aromatic N) is 1. The minimum Gasteiger partial charge on any atom is -0.341 e. The van der Waals surface area contributed by atoms with Crippen molar-refractivity contribution in [2.45, 2.75) is 18.8 Å². The zero-order valence-electron chi connectivity index (χ0n) is 13.5. The Morgan fingerprint density at radius 3 is 2.58 bits per heavy atom. The summed E-state index contributed by atoms with van der Waals surface area (Å²) in [6.07, 6.45) is 0. The summed E-state index contributed by atoms with van der Waals surface area (Å²) in [6.45, 7) is 4.03. The third-order valence-electron chi connectivity index (χ3n) is 4.67. The average Bonchev–Trinajstić information content (AvgIpc) is 3.20. The number of thiophene rings is 1. The minimum absolute atomic E-state index is 0. The Bertz CT molecular complexity index is 677. The Morgan fingerprint density at radius 2 is 2.00 bits per heavy atom. The van der Waals surface area contributed by atoms with Crippen molar-refractivity contribution in [3.05, 3.63) is 57.2 Å². The molecule has 1 aromatic carbocycles. The summed E-state index contributed by atoms with van der Waals surface area (Å²) in [5.74, 6) is 0.658. The largest absolute Gasteiger partial charge is 0.341 e. The third-order valence-corrected chi connectivity index (χ3v) is 6.09. The van der Waals surface area contributed by atoms with Gasteiger partial charge < -0.3 is 10.6 Å². The molecule has 2 heterocycles. The molecular formula is C18H22Cl2N2OS. The molecule has 1 aliphatic rings. The van der Waals surface area contributed by atoms with E-state index in [4.69, 9.17) is 17.3 Å². The average molecular weight is 385 g/mol. The van der Waals surface area contributed by atoms with Gasteiger partial charge in [-0.2, -0.15) is 0 Å². The van der Waals surface area contributed by atoms with E-state index in [0.29, 0.717) is 18.4 Å². The standard InChI is InChI=1S/C18H21ClN2OS.ClH/c1-12(16-7-8-17(19)23-16)18(22)21-10-14(9-20)15(11-21)13-5-3-2-4-6-13;/h2-8,12,14-15H,9-11,20H2,1H3;1H/t12?,14-,15+;/m1./s1. The molecule has 6 heteroatoms. The van der Waals surface area contributed by atoms with Crippen LogP contribution in [-0.4, -0.2) is 30.4 Å². The summed E-state index contributed by atoms with van der Waals surface area (Å²) >= 11 is 7.47. The van der Waals surface area contributed by atoms with E-state index >= 15 is 0 Å². The highest BCUT2D eigenvalue weighted by atomic mass is 35.5. The molecule has 130 valence electrons. The van der Waals surface area contributed by atoms with Crippen LogP contribution < -0.4 is 5.73 Å².